The molecule has 0 saturated carbocycles. The summed E-state index contributed by atoms with van der Waals surface area (Å²) in [6.45, 7) is 5.54. The van der Waals surface area contributed by atoms with Crippen molar-refractivity contribution in [3.05, 3.63) is 113 Å². The molecule has 0 spiro atoms. The molecule has 214 valence electrons. The van der Waals surface area contributed by atoms with Gasteiger partial charge >= 0.3 is 12.1 Å². The van der Waals surface area contributed by atoms with Crippen molar-refractivity contribution in [3.63, 3.8) is 0 Å². The second-order valence-corrected chi connectivity index (χ2v) is 10.9. The van der Waals surface area contributed by atoms with Crippen molar-refractivity contribution in [2.45, 2.75) is 64.4 Å². The van der Waals surface area contributed by atoms with Gasteiger partial charge in [0, 0.05) is 6.42 Å². The largest absolute Gasteiger partial charge is 0.509 e. The summed E-state index contributed by atoms with van der Waals surface area (Å²) in [5, 5.41) is 13.8. The van der Waals surface area contributed by atoms with E-state index in [1.165, 1.54) is 0 Å². The normalized spacial score (nSPS) is 17.0. The van der Waals surface area contributed by atoms with E-state index >= 15 is 0 Å². The van der Waals surface area contributed by atoms with Gasteiger partial charge in [0.15, 0.2) is 6.10 Å². The number of esters is 1. The number of aliphatic hydroxyl groups excluding tert-OH is 1. The van der Waals surface area contributed by atoms with Crippen molar-refractivity contribution in [1.82, 2.24) is 5.32 Å². The number of ether oxygens (including phenoxy) is 3. The van der Waals surface area contributed by atoms with Crippen LogP contribution in [0.5, 0.6) is 5.75 Å². The monoisotopic (exact) mass is 557 g/mol. The number of rotatable bonds is 10. The van der Waals surface area contributed by atoms with Gasteiger partial charge in [-0.3, -0.25) is 4.79 Å². The molecule has 3 aromatic carbocycles. The van der Waals surface area contributed by atoms with Gasteiger partial charge in [-0.25, -0.2) is 9.59 Å². The molecule has 8 nitrogen and oxygen atoms in total. The first-order valence-corrected chi connectivity index (χ1v) is 13.6. The third kappa shape index (κ3) is 8.45. The van der Waals surface area contributed by atoms with E-state index < -0.39 is 46.9 Å². The van der Waals surface area contributed by atoms with Crippen LogP contribution in [0.4, 0.5) is 4.79 Å². The van der Waals surface area contributed by atoms with Crippen LogP contribution in [0.2, 0.25) is 0 Å². The summed E-state index contributed by atoms with van der Waals surface area (Å²) >= 11 is 0. The number of amides is 1. The van der Waals surface area contributed by atoms with E-state index in [1.54, 1.807) is 45.0 Å². The van der Waals surface area contributed by atoms with Crippen molar-refractivity contribution >= 4 is 17.8 Å². The van der Waals surface area contributed by atoms with Crippen molar-refractivity contribution < 1.29 is 33.7 Å². The van der Waals surface area contributed by atoms with E-state index in [1.807, 2.05) is 60.7 Å². The van der Waals surface area contributed by atoms with Crippen LogP contribution in [0.15, 0.2) is 96.3 Å². The van der Waals surface area contributed by atoms with Gasteiger partial charge in [0.2, 0.25) is 5.78 Å². The van der Waals surface area contributed by atoms with Gasteiger partial charge in [-0.2, -0.15) is 0 Å². The summed E-state index contributed by atoms with van der Waals surface area (Å²) in [7, 11) is 0. The quantitative estimate of drug-likeness (QED) is 0.144. The number of ketones is 1. The molecule has 1 amide bonds. The summed E-state index contributed by atoms with van der Waals surface area (Å²) in [4.78, 5) is 38.5. The van der Waals surface area contributed by atoms with Crippen LogP contribution in [0.25, 0.3) is 0 Å². The number of cyclic esters (lactones) is 1. The minimum atomic E-state index is -1.11. The zero-order valence-electron chi connectivity index (χ0n) is 23.5. The lowest BCUT2D eigenvalue weighted by Crippen LogP contribution is -2.42. The van der Waals surface area contributed by atoms with Crippen LogP contribution in [-0.4, -0.2) is 40.7 Å². The average molecular weight is 558 g/mol. The van der Waals surface area contributed by atoms with Crippen LogP contribution in [0, 0.1) is 0 Å². The maximum Gasteiger partial charge on any atom is 0.408 e. The minimum Gasteiger partial charge on any atom is -0.509 e. The second-order valence-electron chi connectivity index (χ2n) is 10.9. The van der Waals surface area contributed by atoms with E-state index in [-0.39, 0.29) is 12.8 Å². The Bertz CT molecular complexity index is 1380. The SMILES string of the molecule is CC(C)(C)OC(=O)N[C@@H](Cc1ccc(OCc2ccccc2)cc1)C(O)=C1C(=O)O[C@@H](CCc2ccccc2)C1=O. The molecule has 1 fully saturated rings. The molecule has 8 heteroatoms. The highest BCUT2D eigenvalue weighted by Crippen LogP contribution is 2.26. The molecule has 0 bridgehead atoms. The fourth-order valence-electron chi connectivity index (χ4n) is 4.40. The topological polar surface area (TPSA) is 111 Å². The zero-order chi connectivity index (χ0) is 29.4. The van der Waals surface area contributed by atoms with Crippen LogP contribution >= 0.6 is 0 Å². The van der Waals surface area contributed by atoms with Gasteiger partial charge in [-0.1, -0.05) is 72.8 Å². The predicted molar refractivity (Wildman–Crippen MR) is 153 cm³/mol. The Morgan fingerprint density at radius 2 is 1.51 bits per heavy atom. The van der Waals surface area contributed by atoms with E-state index in [2.05, 4.69) is 5.32 Å². The van der Waals surface area contributed by atoms with Crippen molar-refractivity contribution in [2.24, 2.45) is 0 Å². The molecule has 1 heterocycles. The third-order valence-electron chi connectivity index (χ3n) is 6.42. The minimum absolute atomic E-state index is 0.0861. The Morgan fingerprint density at radius 3 is 2.12 bits per heavy atom. The Balaban J connectivity index is 1.50. The van der Waals surface area contributed by atoms with Crippen molar-refractivity contribution in [3.8, 4) is 5.75 Å². The highest BCUT2D eigenvalue weighted by atomic mass is 16.6. The van der Waals surface area contributed by atoms with Gasteiger partial charge in [0.25, 0.3) is 0 Å². The van der Waals surface area contributed by atoms with Crippen LogP contribution < -0.4 is 10.1 Å². The van der Waals surface area contributed by atoms with E-state index in [9.17, 15) is 19.5 Å². The summed E-state index contributed by atoms with van der Waals surface area (Å²) in [5.41, 5.74) is 1.51. The fourth-order valence-corrected chi connectivity index (χ4v) is 4.40. The van der Waals surface area contributed by atoms with E-state index in [0.29, 0.717) is 18.8 Å². The van der Waals surface area contributed by atoms with Gasteiger partial charge in [-0.05, 0) is 62.4 Å². The van der Waals surface area contributed by atoms with E-state index in [0.717, 1.165) is 16.7 Å². The first kappa shape index (κ1) is 29.4. The highest BCUT2D eigenvalue weighted by molar-refractivity contribution is 6.23. The number of carbonyl (C=O) groups excluding carboxylic acids is 3. The molecule has 0 radical (unpaired) electrons. The molecule has 2 N–H and O–H groups in total. The molecule has 0 aromatic heterocycles. The smallest absolute Gasteiger partial charge is 0.408 e. The summed E-state index contributed by atoms with van der Waals surface area (Å²) in [5.74, 6) is -1.43. The molecule has 0 unspecified atom stereocenters. The number of hydrogen-bond donors (Lipinski definition) is 2. The van der Waals surface area contributed by atoms with Gasteiger partial charge in [0.1, 0.15) is 29.3 Å². The Morgan fingerprint density at radius 1 is 0.902 bits per heavy atom. The lowest BCUT2D eigenvalue weighted by atomic mass is 9.97. The molecule has 1 saturated heterocycles. The van der Waals surface area contributed by atoms with Gasteiger partial charge < -0.3 is 24.6 Å². The van der Waals surface area contributed by atoms with Gasteiger partial charge in [0.05, 0.1) is 6.04 Å². The number of benzene rings is 3. The summed E-state index contributed by atoms with van der Waals surface area (Å²) < 4.78 is 16.5. The molecule has 1 aliphatic heterocycles. The molecule has 41 heavy (non-hydrogen) atoms. The lowest BCUT2D eigenvalue weighted by Gasteiger charge is -2.24. The highest BCUT2D eigenvalue weighted by Gasteiger charge is 2.42. The number of alkyl carbamates (subject to hydrolysis) is 1. The molecule has 1 aliphatic rings. The molecular formula is C33H35NO7. The van der Waals surface area contributed by atoms with Crippen LogP contribution in [0.1, 0.15) is 43.9 Å². The third-order valence-corrected chi connectivity index (χ3v) is 6.42. The molecule has 4 rings (SSSR count). The summed E-state index contributed by atoms with van der Waals surface area (Å²) in [6.07, 6.45) is -0.917. The Hall–Kier alpha value is -4.59. The first-order valence-electron chi connectivity index (χ1n) is 13.6. The molecule has 3 aromatic rings. The number of aliphatic hydroxyl groups is 1. The molecule has 0 aliphatic carbocycles. The predicted octanol–water partition coefficient (Wildman–Crippen LogP) is 5.64. The summed E-state index contributed by atoms with van der Waals surface area (Å²) in [6, 6.07) is 25.3. The first-order chi connectivity index (χ1) is 19.6. The van der Waals surface area contributed by atoms with Gasteiger partial charge in [-0.15, -0.1) is 0 Å². The Kier molecular flexibility index (Phi) is 9.45. The maximum absolute atomic E-state index is 13.2. The Labute approximate surface area is 239 Å². The van der Waals surface area contributed by atoms with Crippen LogP contribution in [-0.2, 0) is 38.5 Å². The zero-order valence-corrected chi connectivity index (χ0v) is 23.5. The fraction of sp³-hybridized carbons (Fsp3) is 0.303. The average Bonchev–Trinajstić information content (AvgIpc) is 3.23. The number of aryl methyl sites for hydroxylation is 1. The number of nitrogens with one attached hydrogen (secondary N) is 1. The maximum atomic E-state index is 13.2. The number of carbonyl (C=O) groups is 3. The number of Topliss-reactive ketones (excluding diaryl/α,β-unsaturated/α-hetero) is 1. The van der Waals surface area contributed by atoms with Crippen molar-refractivity contribution in [1.29, 1.82) is 0 Å². The van der Waals surface area contributed by atoms with Crippen molar-refractivity contribution in [2.75, 3.05) is 0 Å². The molecular weight excluding hydrogens is 522 g/mol. The number of hydrogen-bond acceptors (Lipinski definition) is 7. The van der Waals surface area contributed by atoms with E-state index in [4.69, 9.17) is 14.2 Å². The molecule has 2 atom stereocenters. The standard InChI is InChI=1S/C33H35NO7/c1-33(2,3)41-32(38)34-26(20-23-14-17-25(18-15-23)39-21-24-12-8-5-9-13-24)29(35)28-30(36)27(40-31(28)37)19-16-22-10-6-4-7-11-22/h4-15,17-18,26-27,35H,16,19-21H2,1-3H3,(H,34,38)/t26-,27-/m0/s1. The lowest BCUT2D eigenvalue weighted by molar-refractivity contribution is -0.141. The second kappa shape index (κ2) is 13.2. The van der Waals surface area contributed by atoms with Crippen LogP contribution in [0.3, 0.4) is 0 Å².